The van der Waals surface area contributed by atoms with Crippen molar-refractivity contribution in [1.82, 2.24) is 15.1 Å². The van der Waals surface area contributed by atoms with Crippen molar-refractivity contribution >= 4 is 0 Å². The van der Waals surface area contributed by atoms with Crippen molar-refractivity contribution in [3.05, 3.63) is 0 Å². The molecule has 2 fully saturated rings. The number of likely N-dealkylation sites (tertiary alicyclic amines) is 1. The number of piperazine rings is 1. The van der Waals surface area contributed by atoms with Gasteiger partial charge < -0.3 is 10.2 Å². The second kappa shape index (κ2) is 6.11. The van der Waals surface area contributed by atoms with Crippen LogP contribution >= 0.6 is 0 Å². The van der Waals surface area contributed by atoms with Gasteiger partial charge in [0.25, 0.3) is 0 Å². The third-order valence-electron chi connectivity index (χ3n) is 5.29. The largest absolute Gasteiger partial charge is 0.309 e. The Morgan fingerprint density at radius 2 is 2.11 bits per heavy atom. The van der Waals surface area contributed by atoms with E-state index in [9.17, 15) is 0 Å². The van der Waals surface area contributed by atoms with Gasteiger partial charge in [0.05, 0.1) is 0 Å². The lowest BCUT2D eigenvalue weighted by Gasteiger charge is -2.48. The van der Waals surface area contributed by atoms with Gasteiger partial charge in [0.2, 0.25) is 0 Å². The maximum atomic E-state index is 3.79. The standard InChI is InChI=1S/C16H33N3/c1-6-16(4)12-19(15(9-17-16)13(2)3)11-14-7-8-18(5)10-14/h13-15,17H,6-12H2,1-5H3. The molecule has 2 heterocycles. The minimum Gasteiger partial charge on any atom is -0.309 e. The van der Waals surface area contributed by atoms with Gasteiger partial charge in [-0.15, -0.1) is 0 Å². The van der Waals surface area contributed by atoms with Crippen molar-refractivity contribution in [2.45, 2.75) is 52.1 Å². The average Bonchev–Trinajstić information content (AvgIpc) is 2.74. The minimum absolute atomic E-state index is 0.315. The molecule has 0 amide bonds. The summed E-state index contributed by atoms with van der Waals surface area (Å²) < 4.78 is 0. The molecule has 0 saturated carbocycles. The molecule has 0 aliphatic carbocycles. The van der Waals surface area contributed by atoms with Crippen molar-refractivity contribution < 1.29 is 0 Å². The van der Waals surface area contributed by atoms with Crippen LogP contribution in [0.25, 0.3) is 0 Å². The Bertz CT molecular complexity index is 292. The van der Waals surface area contributed by atoms with E-state index in [0.717, 1.165) is 18.4 Å². The van der Waals surface area contributed by atoms with Gasteiger partial charge in [0.1, 0.15) is 0 Å². The highest BCUT2D eigenvalue weighted by Gasteiger charge is 2.37. The number of hydrogen-bond donors (Lipinski definition) is 1. The summed E-state index contributed by atoms with van der Waals surface area (Å²) in [4.78, 5) is 5.27. The maximum Gasteiger partial charge on any atom is 0.0278 e. The van der Waals surface area contributed by atoms with E-state index in [0.29, 0.717) is 11.6 Å². The lowest BCUT2D eigenvalue weighted by Crippen LogP contribution is -2.64. The van der Waals surface area contributed by atoms with Gasteiger partial charge in [-0.2, -0.15) is 0 Å². The first-order valence-corrected chi connectivity index (χ1v) is 8.11. The van der Waals surface area contributed by atoms with Crippen LogP contribution in [0.2, 0.25) is 0 Å². The molecule has 3 unspecified atom stereocenters. The van der Waals surface area contributed by atoms with E-state index in [1.807, 2.05) is 0 Å². The van der Waals surface area contributed by atoms with Crippen LogP contribution in [0.4, 0.5) is 0 Å². The highest BCUT2D eigenvalue weighted by Crippen LogP contribution is 2.25. The molecule has 0 bridgehead atoms. The van der Waals surface area contributed by atoms with Gasteiger partial charge in [-0.05, 0) is 45.2 Å². The van der Waals surface area contributed by atoms with E-state index in [2.05, 4.69) is 49.9 Å². The molecule has 19 heavy (non-hydrogen) atoms. The molecule has 3 heteroatoms. The molecule has 1 N–H and O–H groups in total. The minimum atomic E-state index is 0.315. The molecule has 3 nitrogen and oxygen atoms in total. The molecular formula is C16H33N3. The van der Waals surface area contributed by atoms with Crippen LogP contribution in [-0.4, -0.2) is 61.2 Å². The van der Waals surface area contributed by atoms with Crippen LogP contribution < -0.4 is 5.32 Å². The molecule has 2 aliphatic heterocycles. The molecule has 0 radical (unpaired) electrons. The summed E-state index contributed by atoms with van der Waals surface area (Å²) >= 11 is 0. The first kappa shape index (κ1) is 15.3. The zero-order valence-electron chi connectivity index (χ0n) is 13.6. The number of hydrogen-bond acceptors (Lipinski definition) is 3. The SMILES string of the molecule is CCC1(C)CN(CC2CCN(C)C2)C(C(C)C)CN1. The molecule has 2 saturated heterocycles. The summed E-state index contributed by atoms with van der Waals surface area (Å²) in [5, 5.41) is 3.79. The topological polar surface area (TPSA) is 18.5 Å². The smallest absolute Gasteiger partial charge is 0.0278 e. The van der Waals surface area contributed by atoms with Crippen LogP contribution in [0.15, 0.2) is 0 Å². The van der Waals surface area contributed by atoms with Crippen LogP contribution in [-0.2, 0) is 0 Å². The molecular weight excluding hydrogens is 234 g/mol. The van der Waals surface area contributed by atoms with Crippen LogP contribution in [0.1, 0.15) is 40.5 Å². The van der Waals surface area contributed by atoms with Crippen molar-refractivity contribution in [2.24, 2.45) is 11.8 Å². The van der Waals surface area contributed by atoms with Crippen molar-refractivity contribution in [3.8, 4) is 0 Å². The van der Waals surface area contributed by atoms with Gasteiger partial charge in [-0.3, -0.25) is 4.90 Å². The second-order valence-electron chi connectivity index (χ2n) is 7.45. The summed E-state index contributed by atoms with van der Waals surface area (Å²) in [7, 11) is 2.26. The Morgan fingerprint density at radius 1 is 1.37 bits per heavy atom. The Balaban J connectivity index is 1.99. The zero-order chi connectivity index (χ0) is 14.0. The molecule has 0 spiro atoms. The average molecular weight is 267 g/mol. The highest BCUT2D eigenvalue weighted by molar-refractivity contribution is 4.96. The summed E-state index contributed by atoms with van der Waals surface area (Å²) in [6.07, 6.45) is 2.60. The van der Waals surface area contributed by atoms with Gasteiger partial charge in [0.15, 0.2) is 0 Å². The highest BCUT2D eigenvalue weighted by atomic mass is 15.3. The van der Waals surface area contributed by atoms with Crippen LogP contribution in [0.5, 0.6) is 0 Å². The Hall–Kier alpha value is -0.120. The normalized spacial score (nSPS) is 38.2. The second-order valence-corrected chi connectivity index (χ2v) is 7.45. The zero-order valence-corrected chi connectivity index (χ0v) is 13.6. The molecule has 0 aromatic heterocycles. The quantitative estimate of drug-likeness (QED) is 0.841. The summed E-state index contributed by atoms with van der Waals surface area (Å²) in [6, 6.07) is 0.713. The van der Waals surface area contributed by atoms with Gasteiger partial charge in [-0.25, -0.2) is 0 Å². The molecule has 0 aromatic carbocycles. The van der Waals surface area contributed by atoms with Crippen LogP contribution in [0.3, 0.4) is 0 Å². The van der Waals surface area contributed by atoms with E-state index in [4.69, 9.17) is 0 Å². The Kier molecular flexibility index (Phi) is 4.91. The van der Waals surface area contributed by atoms with E-state index in [1.165, 1.54) is 39.0 Å². The summed E-state index contributed by atoms with van der Waals surface area (Å²) in [6.45, 7) is 15.7. The third-order valence-corrected chi connectivity index (χ3v) is 5.29. The third kappa shape index (κ3) is 3.71. The number of rotatable bonds is 4. The maximum absolute atomic E-state index is 3.79. The fourth-order valence-electron chi connectivity index (χ4n) is 3.70. The van der Waals surface area contributed by atoms with E-state index < -0.39 is 0 Å². The summed E-state index contributed by atoms with van der Waals surface area (Å²) in [5.74, 6) is 1.62. The predicted molar refractivity (Wildman–Crippen MR) is 82.5 cm³/mol. The monoisotopic (exact) mass is 267 g/mol. The van der Waals surface area contributed by atoms with Crippen LogP contribution in [0, 0.1) is 11.8 Å². The molecule has 2 rings (SSSR count). The first-order chi connectivity index (χ1) is 8.93. The fraction of sp³-hybridized carbons (Fsp3) is 1.00. The van der Waals surface area contributed by atoms with Crippen molar-refractivity contribution in [1.29, 1.82) is 0 Å². The Labute approximate surface area is 119 Å². The van der Waals surface area contributed by atoms with Gasteiger partial charge in [0, 0.05) is 37.8 Å². The fourth-order valence-corrected chi connectivity index (χ4v) is 3.70. The number of nitrogens with zero attached hydrogens (tertiary/aromatic N) is 2. The lowest BCUT2D eigenvalue weighted by molar-refractivity contribution is 0.0483. The predicted octanol–water partition coefficient (Wildman–Crippen LogP) is 2.04. The molecule has 2 aliphatic rings. The van der Waals surface area contributed by atoms with Gasteiger partial charge >= 0.3 is 0 Å². The number of nitrogens with one attached hydrogen (secondary N) is 1. The van der Waals surface area contributed by atoms with E-state index >= 15 is 0 Å². The molecule has 0 aromatic rings. The Morgan fingerprint density at radius 3 is 2.63 bits per heavy atom. The lowest BCUT2D eigenvalue weighted by atomic mass is 9.89. The summed E-state index contributed by atoms with van der Waals surface area (Å²) in [5.41, 5.74) is 0.315. The van der Waals surface area contributed by atoms with Gasteiger partial charge in [-0.1, -0.05) is 20.8 Å². The first-order valence-electron chi connectivity index (χ1n) is 8.11. The van der Waals surface area contributed by atoms with E-state index in [-0.39, 0.29) is 0 Å². The van der Waals surface area contributed by atoms with Crippen molar-refractivity contribution in [2.75, 3.05) is 39.8 Å². The van der Waals surface area contributed by atoms with E-state index in [1.54, 1.807) is 0 Å². The molecule has 3 atom stereocenters. The van der Waals surface area contributed by atoms with Crippen molar-refractivity contribution in [3.63, 3.8) is 0 Å². The molecule has 112 valence electrons.